The van der Waals surface area contributed by atoms with Crippen molar-refractivity contribution in [2.24, 2.45) is 0 Å². The summed E-state index contributed by atoms with van der Waals surface area (Å²) in [6, 6.07) is 16.7. The third-order valence-corrected chi connectivity index (χ3v) is 5.89. The zero-order chi connectivity index (χ0) is 26.2. The molecule has 10 heteroatoms. The first kappa shape index (κ1) is 25.2. The van der Waals surface area contributed by atoms with Gasteiger partial charge in [0, 0.05) is 48.6 Å². The van der Waals surface area contributed by atoms with Crippen LogP contribution >= 0.6 is 0 Å². The largest absolute Gasteiger partial charge is 0.369 e. The van der Waals surface area contributed by atoms with E-state index < -0.39 is 0 Å². The van der Waals surface area contributed by atoms with Crippen molar-refractivity contribution < 1.29 is 9.59 Å². The maximum Gasteiger partial charge on any atom is 0.270 e. The number of hydrogen-bond acceptors (Lipinski definition) is 8. The van der Waals surface area contributed by atoms with E-state index in [2.05, 4.69) is 42.8 Å². The van der Waals surface area contributed by atoms with E-state index in [9.17, 15) is 9.59 Å². The molecule has 2 aromatic carbocycles. The summed E-state index contributed by atoms with van der Waals surface area (Å²) in [6.45, 7) is 2.97. The molecule has 10 nitrogen and oxygen atoms in total. The minimum Gasteiger partial charge on any atom is -0.369 e. The molecule has 4 aromatic rings. The molecule has 0 aliphatic heterocycles. The number of amides is 2. The molecule has 186 valence electrons. The number of nitrogens with one attached hydrogen (secondary N) is 3. The Labute approximate surface area is 214 Å². The fraction of sp³-hybridized carbons (Fsp3) is 0.222. The Morgan fingerprint density at radius 3 is 2.54 bits per heavy atom. The highest BCUT2D eigenvalue weighted by Crippen LogP contribution is 2.26. The molecule has 0 spiro atoms. The lowest BCUT2D eigenvalue weighted by Gasteiger charge is -2.16. The van der Waals surface area contributed by atoms with Crippen LogP contribution in [-0.4, -0.2) is 51.9 Å². The van der Waals surface area contributed by atoms with E-state index in [1.165, 1.54) is 12.7 Å². The zero-order valence-corrected chi connectivity index (χ0v) is 20.5. The normalized spacial score (nSPS) is 11.4. The fourth-order valence-electron chi connectivity index (χ4n) is 3.91. The molecule has 3 N–H and O–H groups in total. The molecule has 0 saturated heterocycles. The molecule has 1 atom stereocenters. The van der Waals surface area contributed by atoms with Gasteiger partial charge in [0.05, 0.1) is 23.7 Å². The lowest BCUT2D eigenvalue weighted by Crippen LogP contribution is -2.24. The van der Waals surface area contributed by atoms with Crippen molar-refractivity contribution in [3.05, 3.63) is 78.0 Å². The predicted molar refractivity (Wildman–Crippen MR) is 140 cm³/mol. The van der Waals surface area contributed by atoms with E-state index in [4.69, 9.17) is 5.26 Å². The van der Waals surface area contributed by atoms with Crippen LogP contribution < -0.4 is 16.0 Å². The van der Waals surface area contributed by atoms with Gasteiger partial charge in [0.15, 0.2) is 0 Å². The lowest BCUT2D eigenvalue weighted by atomic mass is 9.97. The number of carbonyl (C=O) groups excluding carboxylic acids is 2. The number of hydrogen-bond donors (Lipinski definition) is 3. The van der Waals surface area contributed by atoms with Crippen LogP contribution in [0.2, 0.25) is 0 Å². The number of para-hydroxylation sites is 1. The molecule has 0 unspecified atom stereocenters. The summed E-state index contributed by atoms with van der Waals surface area (Å²) in [4.78, 5) is 41.7. The molecule has 2 aromatic heterocycles. The van der Waals surface area contributed by atoms with Crippen LogP contribution in [0.4, 0.5) is 5.82 Å². The molecular weight excluding hydrogens is 468 g/mol. The third kappa shape index (κ3) is 5.85. The maximum absolute atomic E-state index is 12.2. The lowest BCUT2D eigenvalue weighted by molar-refractivity contribution is 0.0948. The second-order valence-corrected chi connectivity index (χ2v) is 8.36. The number of fused-ring (bicyclic) bond motifs is 1. The van der Waals surface area contributed by atoms with Crippen LogP contribution in [0.5, 0.6) is 0 Å². The Hall–Kier alpha value is -4.91. The van der Waals surface area contributed by atoms with Gasteiger partial charge in [0.1, 0.15) is 24.2 Å². The smallest absolute Gasteiger partial charge is 0.270 e. The van der Waals surface area contributed by atoms with Gasteiger partial charge in [0.25, 0.3) is 11.8 Å². The van der Waals surface area contributed by atoms with Crippen LogP contribution in [0.3, 0.4) is 0 Å². The first-order valence-electron chi connectivity index (χ1n) is 11.8. The van der Waals surface area contributed by atoms with Crippen LogP contribution in [0.25, 0.3) is 22.2 Å². The number of nitriles is 1. The first-order chi connectivity index (χ1) is 18.0. The van der Waals surface area contributed by atoms with Gasteiger partial charge < -0.3 is 16.0 Å². The van der Waals surface area contributed by atoms with Gasteiger partial charge >= 0.3 is 0 Å². The molecule has 0 aliphatic carbocycles. The quantitative estimate of drug-likeness (QED) is 0.301. The number of benzene rings is 2. The minimum absolute atomic E-state index is 0.0633. The molecule has 0 radical (unpaired) electrons. The van der Waals surface area contributed by atoms with Crippen molar-refractivity contribution in [1.82, 2.24) is 30.6 Å². The standard InChI is InChI=1S/C27H26N8O2/c1-17(20-5-3-6-21-24(20)34-16-35-25(21)27(37)29-2)14-31-23-13-22(32-15-33-23)18-7-9-19(10-8-18)26(36)30-12-4-11-28/h3,5-10,13,15-17H,4,12,14H2,1-2H3,(H,29,37)(H,30,36)(H,31,32,33)/t17-/m1/s1. The minimum atomic E-state index is -0.253. The van der Waals surface area contributed by atoms with Gasteiger partial charge in [-0.15, -0.1) is 0 Å². The first-order valence-corrected chi connectivity index (χ1v) is 11.8. The highest BCUT2D eigenvalue weighted by molar-refractivity contribution is 6.04. The van der Waals surface area contributed by atoms with Crippen molar-refractivity contribution in [2.45, 2.75) is 19.3 Å². The van der Waals surface area contributed by atoms with Gasteiger partial charge in [-0.25, -0.2) is 19.9 Å². The van der Waals surface area contributed by atoms with E-state index in [0.717, 1.165) is 22.3 Å². The number of anilines is 1. The summed E-state index contributed by atoms with van der Waals surface area (Å²) in [5.74, 6) is 0.253. The fourth-order valence-corrected chi connectivity index (χ4v) is 3.91. The van der Waals surface area contributed by atoms with Crippen molar-refractivity contribution in [1.29, 1.82) is 5.26 Å². The average Bonchev–Trinajstić information content (AvgIpc) is 2.95. The van der Waals surface area contributed by atoms with E-state index in [1.807, 2.05) is 42.5 Å². The molecule has 37 heavy (non-hydrogen) atoms. The van der Waals surface area contributed by atoms with Gasteiger partial charge in [0.2, 0.25) is 0 Å². The summed E-state index contributed by atoms with van der Waals surface area (Å²) in [7, 11) is 1.58. The SMILES string of the molecule is CNC(=O)c1ncnc2c([C@H](C)CNc3cc(-c4ccc(C(=O)NCCC#N)cc4)ncn3)cccc12. The summed E-state index contributed by atoms with van der Waals surface area (Å²) < 4.78 is 0. The van der Waals surface area contributed by atoms with Crippen LogP contribution in [0.15, 0.2) is 61.2 Å². The van der Waals surface area contributed by atoms with Gasteiger partial charge in [-0.05, 0) is 17.7 Å². The summed E-state index contributed by atoms with van der Waals surface area (Å²) >= 11 is 0. The van der Waals surface area contributed by atoms with Crippen molar-refractivity contribution in [3.63, 3.8) is 0 Å². The highest BCUT2D eigenvalue weighted by atomic mass is 16.2. The molecule has 0 bridgehead atoms. The van der Waals surface area contributed by atoms with Crippen molar-refractivity contribution >= 4 is 28.5 Å². The summed E-state index contributed by atoms with van der Waals surface area (Å²) in [5.41, 5.74) is 4.16. The molecule has 0 fully saturated rings. The highest BCUT2D eigenvalue weighted by Gasteiger charge is 2.16. The predicted octanol–water partition coefficient (Wildman–Crippen LogP) is 3.31. The van der Waals surface area contributed by atoms with E-state index in [-0.39, 0.29) is 24.2 Å². The van der Waals surface area contributed by atoms with Crippen LogP contribution in [0, 0.1) is 11.3 Å². The average molecular weight is 495 g/mol. The Morgan fingerprint density at radius 1 is 1.00 bits per heavy atom. The van der Waals surface area contributed by atoms with Crippen LogP contribution in [-0.2, 0) is 0 Å². The van der Waals surface area contributed by atoms with Crippen molar-refractivity contribution in [2.75, 3.05) is 25.5 Å². The molecule has 0 saturated carbocycles. The summed E-state index contributed by atoms with van der Waals surface area (Å²) in [6.07, 6.45) is 3.17. The Balaban J connectivity index is 1.46. The molecule has 0 aliphatic rings. The second-order valence-electron chi connectivity index (χ2n) is 8.36. The monoisotopic (exact) mass is 494 g/mol. The number of carbonyl (C=O) groups is 2. The summed E-state index contributed by atoms with van der Waals surface area (Å²) in [5, 5.41) is 18.0. The van der Waals surface area contributed by atoms with Crippen LogP contribution in [0.1, 0.15) is 45.7 Å². The Kier molecular flexibility index (Phi) is 7.95. The van der Waals surface area contributed by atoms with Gasteiger partial charge in [-0.1, -0.05) is 37.3 Å². The van der Waals surface area contributed by atoms with Gasteiger partial charge in [-0.2, -0.15) is 5.26 Å². The third-order valence-electron chi connectivity index (χ3n) is 5.89. The number of aromatic nitrogens is 4. The Bertz CT molecular complexity index is 1460. The number of nitrogens with zero attached hydrogens (tertiary/aromatic N) is 5. The van der Waals surface area contributed by atoms with E-state index in [0.29, 0.717) is 35.6 Å². The van der Waals surface area contributed by atoms with Gasteiger partial charge in [-0.3, -0.25) is 9.59 Å². The zero-order valence-electron chi connectivity index (χ0n) is 20.5. The van der Waals surface area contributed by atoms with E-state index in [1.54, 1.807) is 19.2 Å². The van der Waals surface area contributed by atoms with E-state index >= 15 is 0 Å². The Morgan fingerprint density at radius 2 is 1.78 bits per heavy atom. The molecule has 2 amide bonds. The van der Waals surface area contributed by atoms with Crippen molar-refractivity contribution in [3.8, 4) is 17.3 Å². The molecule has 4 rings (SSSR count). The molecule has 2 heterocycles. The molecular formula is C27H26N8O2. The maximum atomic E-state index is 12.2. The topological polar surface area (TPSA) is 146 Å². The number of rotatable bonds is 9. The second kappa shape index (κ2) is 11.7.